The monoisotopic (exact) mass is 225 g/mol. The Morgan fingerprint density at radius 3 is 2.62 bits per heavy atom. The molecule has 1 heterocycles. The maximum absolute atomic E-state index is 12.9. The van der Waals surface area contributed by atoms with Gasteiger partial charge in [-0.1, -0.05) is 6.07 Å². The van der Waals surface area contributed by atoms with E-state index >= 15 is 0 Å². The van der Waals surface area contributed by atoms with E-state index in [-0.39, 0.29) is 12.2 Å². The van der Waals surface area contributed by atoms with Gasteiger partial charge in [0.05, 0.1) is 6.54 Å². The van der Waals surface area contributed by atoms with Crippen molar-refractivity contribution in [3.8, 4) is 0 Å². The summed E-state index contributed by atoms with van der Waals surface area (Å²) in [7, 11) is 1.57. The molecule has 0 aliphatic rings. The average Bonchev–Trinajstić information content (AvgIpc) is 2.55. The molecule has 2 rings (SSSR count). The van der Waals surface area contributed by atoms with Crippen LogP contribution in [0, 0.1) is 11.6 Å². The molecular formula is C10H9F2N3O. The van der Waals surface area contributed by atoms with Crippen molar-refractivity contribution in [3.05, 3.63) is 52.2 Å². The maximum Gasteiger partial charge on any atom is 0.345 e. The summed E-state index contributed by atoms with van der Waals surface area (Å²) in [5.41, 5.74) is 0.185. The summed E-state index contributed by atoms with van der Waals surface area (Å²) in [6.07, 6.45) is 1.36. The molecule has 0 spiro atoms. The minimum atomic E-state index is -0.929. The third kappa shape index (κ3) is 1.86. The van der Waals surface area contributed by atoms with Crippen molar-refractivity contribution in [2.45, 2.75) is 6.54 Å². The number of halogens is 2. The highest BCUT2D eigenvalue weighted by Crippen LogP contribution is 2.08. The van der Waals surface area contributed by atoms with E-state index in [2.05, 4.69) is 5.10 Å². The molecule has 2 aromatic rings. The molecule has 1 aromatic heterocycles. The van der Waals surface area contributed by atoms with E-state index in [4.69, 9.17) is 0 Å². The third-order valence-corrected chi connectivity index (χ3v) is 2.20. The van der Waals surface area contributed by atoms with E-state index in [1.165, 1.54) is 21.6 Å². The van der Waals surface area contributed by atoms with Gasteiger partial charge in [-0.2, -0.15) is 5.10 Å². The van der Waals surface area contributed by atoms with Crippen LogP contribution in [0.3, 0.4) is 0 Å². The lowest BCUT2D eigenvalue weighted by Crippen LogP contribution is -2.23. The summed E-state index contributed by atoms with van der Waals surface area (Å²) in [5, 5.41) is 3.81. The minimum Gasteiger partial charge on any atom is -0.285 e. The van der Waals surface area contributed by atoms with Gasteiger partial charge in [0.2, 0.25) is 0 Å². The number of aryl methyl sites for hydroxylation is 1. The van der Waals surface area contributed by atoms with E-state index in [9.17, 15) is 13.6 Å². The molecule has 1 aromatic carbocycles. The fourth-order valence-electron chi connectivity index (χ4n) is 1.34. The Bertz CT molecular complexity index is 574. The van der Waals surface area contributed by atoms with Crippen LogP contribution in [0.25, 0.3) is 0 Å². The van der Waals surface area contributed by atoms with Crippen molar-refractivity contribution in [1.29, 1.82) is 0 Å². The predicted octanol–water partition coefficient (Wildman–Crippen LogP) is 0.908. The lowest BCUT2D eigenvalue weighted by Gasteiger charge is -2.01. The SMILES string of the molecule is Cn1cnn(Cc2ccc(F)c(F)c2)c1=O. The van der Waals surface area contributed by atoms with Gasteiger partial charge in [-0.05, 0) is 17.7 Å². The number of rotatable bonds is 2. The van der Waals surface area contributed by atoms with Gasteiger partial charge < -0.3 is 0 Å². The van der Waals surface area contributed by atoms with Crippen LogP contribution in [0.4, 0.5) is 8.78 Å². The molecule has 4 nitrogen and oxygen atoms in total. The zero-order valence-corrected chi connectivity index (χ0v) is 8.52. The molecule has 84 valence electrons. The van der Waals surface area contributed by atoms with Crippen molar-refractivity contribution >= 4 is 0 Å². The number of hydrogen-bond donors (Lipinski definition) is 0. The van der Waals surface area contributed by atoms with E-state index in [1.54, 1.807) is 7.05 Å². The second-order valence-corrected chi connectivity index (χ2v) is 3.43. The molecule has 0 radical (unpaired) electrons. The largest absolute Gasteiger partial charge is 0.345 e. The van der Waals surface area contributed by atoms with Gasteiger partial charge in [0.25, 0.3) is 0 Å². The summed E-state index contributed by atoms with van der Waals surface area (Å²) in [6, 6.07) is 3.49. The van der Waals surface area contributed by atoms with Crippen LogP contribution in [0.2, 0.25) is 0 Å². The first-order chi connectivity index (χ1) is 7.58. The summed E-state index contributed by atoms with van der Waals surface area (Å²) >= 11 is 0. The summed E-state index contributed by atoms with van der Waals surface area (Å²) in [6.45, 7) is 0.122. The van der Waals surface area contributed by atoms with Gasteiger partial charge in [-0.15, -0.1) is 0 Å². The van der Waals surface area contributed by atoms with Crippen molar-refractivity contribution in [2.75, 3.05) is 0 Å². The molecular weight excluding hydrogens is 216 g/mol. The standard InChI is InChI=1S/C10H9F2N3O/c1-14-6-13-15(10(14)16)5-7-2-3-8(11)9(12)4-7/h2-4,6H,5H2,1H3. The Morgan fingerprint density at radius 1 is 1.31 bits per heavy atom. The maximum atomic E-state index is 12.9. The topological polar surface area (TPSA) is 39.8 Å². The van der Waals surface area contributed by atoms with Crippen LogP contribution < -0.4 is 5.69 Å². The van der Waals surface area contributed by atoms with Crippen molar-refractivity contribution in [3.63, 3.8) is 0 Å². The molecule has 16 heavy (non-hydrogen) atoms. The molecule has 6 heteroatoms. The van der Waals surface area contributed by atoms with Crippen LogP contribution in [0.5, 0.6) is 0 Å². The highest BCUT2D eigenvalue weighted by atomic mass is 19.2. The molecule has 0 N–H and O–H groups in total. The second-order valence-electron chi connectivity index (χ2n) is 3.43. The Kier molecular flexibility index (Phi) is 2.55. The first-order valence-electron chi connectivity index (χ1n) is 4.60. The zero-order chi connectivity index (χ0) is 11.7. The normalized spacial score (nSPS) is 10.7. The highest BCUT2D eigenvalue weighted by Gasteiger charge is 2.06. The number of aromatic nitrogens is 3. The van der Waals surface area contributed by atoms with Gasteiger partial charge in [-0.3, -0.25) is 4.57 Å². The zero-order valence-electron chi connectivity index (χ0n) is 8.52. The Labute approximate surface area is 89.7 Å². The number of benzene rings is 1. The molecule has 0 bridgehead atoms. The molecule has 0 aliphatic heterocycles. The van der Waals surface area contributed by atoms with Gasteiger partial charge in [0.1, 0.15) is 6.33 Å². The predicted molar refractivity (Wildman–Crippen MR) is 52.9 cm³/mol. The fraction of sp³-hybridized carbons (Fsp3) is 0.200. The number of nitrogens with zero attached hydrogens (tertiary/aromatic N) is 3. The van der Waals surface area contributed by atoms with E-state index in [0.29, 0.717) is 5.56 Å². The lowest BCUT2D eigenvalue weighted by molar-refractivity contribution is 0.505. The first-order valence-corrected chi connectivity index (χ1v) is 4.60. The molecule has 0 fully saturated rings. The van der Waals surface area contributed by atoms with Crippen molar-refractivity contribution < 1.29 is 8.78 Å². The van der Waals surface area contributed by atoms with Crippen molar-refractivity contribution in [2.24, 2.45) is 7.05 Å². The molecule has 0 aliphatic carbocycles. The summed E-state index contributed by atoms with van der Waals surface area (Å²) < 4.78 is 28.0. The fourth-order valence-corrected chi connectivity index (χ4v) is 1.34. The highest BCUT2D eigenvalue weighted by molar-refractivity contribution is 5.17. The summed E-state index contributed by atoms with van der Waals surface area (Å²) in [5.74, 6) is -1.83. The van der Waals surface area contributed by atoms with Crippen LogP contribution in [0.1, 0.15) is 5.56 Å². The quantitative estimate of drug-likeness (QED) is 0.762. The van der Waals surface area contributed by atoms with Gasteiger partial charge >= 0.3 is 5.69 Å². The third-order valence-electron chi connectivity index (χ3n) is 2.20. The molecule has 0 saturated heterocycles. The molecule has 0 unspecified atom stereocenters. The van der Waals surface area contributed by atoms with Crippen LogP contribution >= 0.6 is 0 Å². The van der Waals surface area contributed by atoms with Crippen LogP contribution in [-0.2, 0) is 13.6 Å². The number of hydrogen-bond acceptors (Lipinski definition) is 2. The Morgan fingerprint density at radius 2 is 2.06 bits per heavy atom. The Balaban J connectivity index is 2.31. The van der Waals surface area contributed by atoms with Gasteiger partial charge in [0, 0.05) is 7.05 Å². The van der Waals surface area contributed by atoms with E-state index in [0.717, 1.165) is 12.1 Å². The average molecular weight is 225 g/mol. The smallest absolute Gasteiger partial charge is 0.285 e. The van der Waals surface area contributed by atoms with Crippen LogP contribution in [0.15, 0.2) is 29.3 Å². The molecule has 0 amide bonds. The van der Waals surface area contributed by atoms with E-state index < -0.39 is 11.6 Å². The second kappa shape index (κ2) is 3.88. The Hall–Kier alpha value is -1.98. The van der Waals surface area contributed by atoms with Gasteiger partial charge in [-0.25, -0.2) is 18.3 Å². The molecule has 0 atom stereocenters. The van der Waals surface area contributed by atoms with Gasteiger partial charge in [0.15, 0.2) is 11.6 Å². The first kappa shape index (κ1) is 10.5. The van der Waals surface area contributed by atoms with E-state index in [1.807, 2.05) is 0 Å². The van der Waals surface area contributed by atoms with Crippen molar-refractivity contribution in [1.82, 2.24) is 14.3 Å². The minimum absolute atomic E-state index is 0.122. The molecule has 0 saturated carbocycles. The van der Waals surface area contributed by atoms with Crippen LogP contribution in [-0.4, -0.2) is 14.3 Å². The summed E-state index contributed by atoms with van der Waals surface area (Å²) in [4.78, 5) is 11.4. The lowest BCUT2D eigenvalue weighted by atomic mass is 10.2.